The number of aliphatic hydroxyl groups is 1. The molecule has 1 aromatic carbocycles. The number of carbonyl (C=O) groups is 1. The molecule has 1 atom stereocenters. The van der Waals surface area contributed by atoms with Crippen LogP contribution in [0.25, 0.3) is 0 Å². The van der Waals surface area contributed by atoms with Gasteiger partial charge in [-0.15, -0.1) is 0 Å². The summed E-state index contributed by atoms with van der Waals surface area (Å²) in [5.41, 5.74) is 0.996. The predicted octanol–water partition coefficient (Wildman–Crippen LogP) is 2.16. The molecule has 6 heteroatoms. The standard InChI is InChI=1S/C15H21FN2O3/c1-3-21-15(20)18-9-7-17(8-10-18)13-6-4-5-12(16)14(13)11(2)19/h4-6,11,19H,3,7-10H2,1-2H3/t11-/m1/s1. The van der Waals surface area contributed by atoms with E-state index in [9.17, 15) is 14.3 Å². The maximum atomic E-state index is 13.9. The van der Waals surface area contributed by atoms with Gasteiger partial charge in [0.15, 0.2) is 0 Å². The maximum absolute atomic E-state index is 13.9. The van der Waals surface area contributed by atoms with Crippen LogP contribution in [0, 0.1) is 5.82 Å². The third-order valence-electron chi connectivity index (χ3n) is 3.59. The van der Waals surface area contributed by atoms with E-state index in [1.807, 2.05) is 4.90 Å². The molecule has 1 aromatic rings. The zero-order chi connectivity index (χ0) is 15.4. The van der Waals surface area contributed by atoms with Crippen molar-refractivity contribution in [3.05, 3.63) is 29.6 Å². The predicted molar refractivity (Wildman–Crippen MR) is 77.8 cm³/mol. The van der Waals surface area contributed by atoms with E-state index >= 15 is 0 Å². The molecule has 116 valence electrons. The summed E-state index contributed by atoms with van der Waals surface area (Å²) in [6.45, 7) is 5.90. The first-order valence-corrected chi connectivity index (χ1v) is 7.17. The second-order valence-corrected chi connectivity index (χ2v) is 5.02. The van der Waals surface area contributed by atoms with E-state index in [1.165, 1.54) is 6.07 Å². The van der Waals surface area contributed by atoms with Crippen LogP contribution >= 0.6 is 0 Å². The van der Waals surface area contributed by atoms with E-state index in [1.54, 1.807) is 30.9 Å². The molecule has 1 aliphatic heterocycles. The monoisotopic (exact) mass is 296 g/mol. The molecule has 1 N–H and O–H groups in total. The first kappa shape index (κ1) is 15.6. The van der Waals surface area contributed by atoms with Crippen LogP contribution < -0.4 is 4.90 Å². The number of anilines is 1. The minimum absolute atomic E-state index is 0.307. The molecule has 0 unspecified atom stereocenters. The highest BCUT2D eigenvalue weighted by Crippen LogP contribution is 2.29. The number of aliphatic hydroxyl groups excluding tert-OH is 1. The van der Waals surface area contributed by atoms with Crippen molar-refractivity contribution in [1.29, 1.82) is 0 Å². The topological polar surface area (TPSA) is 53.0 Å². The summed E-state index contributed by atoms with van der Waals surface area (Å²) in [7, 11) is 0. The average Bonchev–Trinajstić information content (AvgIpc) is 2.47. The highest BCUT2D eigenvalue weighted by Gasteiger charge is 2.25. The van der Waals surface area contributed by atoms with Gasteiger partial charge < -0.3 is 19.6 Å². The van der Waals surface area contributed by atoms with Gasteiger partial charge in [0.25, 0.3) is 0 Å². The molecular formula is C15H21FN2O3. The van der Waals surface area contributed by atoms with Gasteiger partial charge in [-0.05, 0) is 26.0 Å². The second-order valence-electron chi connectivity index (χ2n) is 5.02. The van der Waals surface area contributed by atoms with Crippen molar-refractivity contribution in [2.75, 3.05) is 37.7 Å². The quantitative estimate of drug-likeness (QED) is 0.928. The number of nitrogens with zero attached hydrogens (tertiary/aromatic N) is 2. The van der Waals surface area contributed by atoms with Crippen LogP contribution in [0.4, 0.5) is 14.9 Å². The molecular weight excluding hydrogens is 275 g/mol. The van der Waals surface area contributed by atoms with E-state index in [2.05, 4.69) is 0 Å². The summed E-state index contributed by atoms with van der Waals surface area (Å²) in [6.07, 6.45) is -1.18. The van der Waals surface area contributed by atoms with Gasteiger partial charge in [-0.25, -0.2) is 9.18 Å². The molecule has 1 aliphatic rings. The van der Waals surface area contributed by atoms with Gasteiger partial charge >= 0.3 is 6.09 Å². The van der Waals surface area contributed by atoms with Crippen molar-refractivity contribution < 1.29 is 19.0 Å². The lowest BCUT2D eigenvalue weighted by atomic mass is 10.1. The minimum atomic E-state index is -0.871. The second kappa shape index (κ2) is 6.76. The molecule has 2 rings (SSSR count). The number of amides is 1. The van der Waals surface area contributed by atoms with Crippen molar-refractivity contribution in [2.45, 2.75) is 20.0 Å². The Labute approximate surface area is 123 Å². The number of hydrogen-bond acceptors (Lipinski definition) is 4. The average molecular weight is 296 g/mol. The molecule has 5 nitrogen and oxygen atoms in total. The number of halogens is 1. The van der Waals surface area contributed by atoms with Crippen LogP contribution in [0.2, 0.25) is 0 Å². The Kier molecular flexibility index (Phi) is 5.01. The Balaban J connectivity index is 2.09. The lowest BCUT2D eigenvalue weighted by Crippen LogP contribution is -2.49. The Morgan fingerprint density at radius 1 is 1.38 bits per heavy atom. The normalized spacial score (nSPS) is 16.8. The largest absolute Gasteiger partial charge is 0.450 e. The Hall–Kier alpha value is -1.82. The molecule has 0 aliphatic carbocycles. The molecule has 0 aromatic heterocycles. The number of piperazine rings is 1. The van der Waals surface area contributed by atoms with E-state index in [0.717, 1.165) is 0 Å². The Morgan fingerprint density at radius 2 is 2.05 bits per heavy atom. The van der Waals surface area contributed by atoms with Gasteiger partial charge in [-0.1, -0.05) is 6.07 Å². The summed E-state index contributed by atoms with van der Waals surface area (Å²) < 4.78 is 18.9. The third-order valence-corrected chi connectivity index (χ3v) is 3.59. The first-order chi connectivity index (χ1) is 10.0. The van der Waals surface area contributed by atoms with E-state index in [4.69, 9.17) is 4.74 Å². The fourth-order valence-corrected chi connectivity index (χ4v) is 2.56. The zero-order valence-electron chi connectivity index (χ0n) is 12.4. The summed E-state index contributed by atoms with van der Waals surface area (Å²) in [5.74, 6) is -0.407. The van der Waals surface area contributed by atoms with Gasteiger partial charge in [-0.3, -0.25) is 0 Å². The highest BCUT2D eigenvalue weighted by molar-refractivity contribution is 5.68. The molecule has 21 heavy (non-hydrogen) atoms. The molecule has 0 saturated carbocycles. The molecule has 1 saturated heterocycles. The number of rotatable bonds is 3. The summed E-state index contributed by atoms with van der Waals surface area (Å²) in [4.78, 5) is 15.3. The van der Waals surface area contributed by atoms with E-state index in [-0.39, 0.29) is 6.09 Å². The van der Waals surface area contributed by atoms with Crippen LogP contribution in [-0.2, 0) is 4.74 Å². The van der Waals surface area contributed by atoms with Crippen LogP contribution in [0.1, 0.15) is 25.5 Å². The molecule has 0 bridgehead atoms. The van der Waals surface area contributed by atoms with Crippen LogP contribution in [0.3, 0.4) is 0 Å². The molecule has 0 spiro atoms. The zero-order valence-corrected chi connectivity index (χ0v) is 12.4. The maximum Gasteiger partial charge on any atom is 0.409 e. The van der Waals surface area contributed by atoms with Gasteiger partial charge in [-0.2, -0.15) is 0 Å². The lowest BCUT2D eigenvalue weighted by molar-refractivity contribution is 0.105. The van der Waals surface area contributed by atoms with Crippen molar-refractivity contribution in [3.63, 3.8) is 0 Å². The molecule has 1 fully saturated rings. The Morgan fingerprint density at radius 3 is 2.62 bits per heavy atom. The highest BCUT2D eigenvalue weighted by atomic mass is 19.1. The number of ether oxygens (including phenoxy) is 1. The van der Waals surface area contributed by atoms with E-state index in [0.29, 0.717) is 44.0 Å². The fourth-order valence-electron chi connectivity index (χ4n) is 2.56. The molecule has 1 amide bonds. The first-order valence-electron chi connectivity index (χ1n) is 7.17. The number of carbonyl (C=O) groups excluding carboxylic acids is 1. The Bertz CT molecular complexity index is 500. The molecule has 0 radical (unpaired) electrons. The van der Waals surface area contributed by atoms with Gasteiger partial charge in [0, 0.05) is 37.4 Å². The summed E-state index contributed by atoms with van der Waals surface area (Å²) >= 11 is 0. The third kappa shape index (κ3) is 3.44. The van der Waals surface area contributed by atoms with Crippen LogP contribution in [-0.4, -0.2) is 48.9 Å². The van der Waals surface area contributed by atoms with Crippen molar-refractivity contribution in [1.82, 2.24) is 4.90 Å². The summed E-state index contributed by atoms with van der Waals surface area (Å²) in [5, 5.41) is 9.78. The summed E-state index contributed by atoms with van der Waals surface area (Å²) in [6, 6.07) is 4.78. The smallest absolute Gasteiger partial charge is 0.409 e. The van der Waals surface area contributed by atoms with Crippen LogP contribution in [0.15, 0.2) is 18.2 Å². The van der Waals surface area contributed by atoms with Gasteiger partial charge in [0.1, 0.15) is 5.82 Å². The number of hydrogen-bond donors (Lipinski definition) is 1. The lowest BCUT2D eigenvalue weighted by Gasteiger charge is -2.36. The van der Waals surface area contributed by atoms with Crippen molar-refractivity contribution in [2.24, 2.45) is 0 Å². The van der Waals surface area contributed by atoms with Crippen molar-refractivity contribution in [3.8, 4) is 0 Å². The SMILES string of the molecule is CCOC(=O)N1CCN(c2cccc(F)c2[C@@H](C)O)CC1. The minimum Gasteiger partial charge on any atom is -0.450 e. The molecule has 1 heterocycles. The van der Waals surface area contributed by atoms with Gasteiger partial charge in [0.05, 0.1) is 12.7 Å². The fraction of sp³-hybridized carbons (Fsp3) is 0.533. The number of benzene rings is 1. The van der Waals surface area contributed by atoms with E-state index < -0.39 is 11.9 Å². The van der Waals surface area contributed by atoms with Crippen molar-refractivity contribution >= 4 is 11.8 Å². The van der Waals surface area contributed by atoms with Gasteiger partial charge in [0.2, 0.25) is 0 Å². The van der Waals surface area contributed by atoms with Crippen LogP contribution in [0.5, 0.6) is 0 Å².